The van der Waals surface area contributed by atoms with E-state index in [1.165, 1.54) is 22.5 Å². The first-order chi connectivity index (χ1) is 14.0. The number of fused-ring (bicyclic) bond motifs is 1. The van der Waals surface area contributed by atoms with Crippen LogP contribution >= 0.6 is 23.4 Å². The number of thioether (sulfide) groups is 1. The van der Waals surface area contributed by atoms with Gasteiger partial charge in [0.15, 0.2) is 5.16 Å². The highest BCUT2D eigenvalue weighted by molar-refractivity contribution is 7.99. The molecule has 0 unspecified atom stereocenters. The molecule has 1 N–H and O–H groups in total. The zero-order valence-corrected chi connectivity index (χ0v) is 17.3. The van der Waals surface area contributed by atoms with E-state index in [4.69, 9.17) is 11.6 Å². The van der Waals surface area contributed by atoms with Crippen molar-refractivity contribution in [1.82, 2.24) is 15.0 Å². The Morgan fingerprint density at radius 2 is 2.00 bits per heavy atom. The molecular formula is C21H19ClN4O2S. The minimum atomic E-state index is -0.317. The number of rotatable bonds is 7. The molecule has 0 aliphatic heterocycles. The molecule has 2 aromatic carbocycles. The Kier molecular flexibility index (Phi) is 6.85. The Labute approximate surface area is 177 Å². The Morgan fingerprint density at radius 1 is 1.28 bits per heavy atom. The lowest BCUT2D eigenvalue weighted by molar-refractivity contribution is -0.118. The van der Waals surface area contributed by atoms with Gasteiger partial charge in [-0.2, -0.15) is 5.10 Å². The summed E-state index contributed by atoms with van der Waals surface area (Å²) in [6.07, 6.45) is 1.48. The van der Waals surface area contributed by atoms with E-state index >= 15 is 0 Å². The normalized spacial score (nSPS) is 11.1. The van der Waals surface area contributed by atoms with Gasteiger partial charge >= 0.3 is 0 Å². The Balaban J connectivity index is 1.74. The van der Waals surface area contributed by atoms with E-state index in [1.54, 1.807) is 30.3 Å². The van der Waals surface area contributed by atoms with Crippen molar-refractivity contribution < 1.29 is 4.79 Å². The smallest absolute Gasteiger partial charge is 0.262 e. The summed E-state index contributed by atoms with van der Waals surface area (Å²) in [7, 11) is 0. The molecule has 0 bridgehead atoms. The van der Waals surface area contributed by atoms with Crippen molar-refractivity contribution in [3.63, 3.8) is 0 Å². The van der Waals surface area contributed by atoms with Gasteiger partial charge in [0.1, 0.15) is 0 Å². The van der Waals surface area contributed by atoms with Crippen LogP contribution in [-0.2, 0) is 11.3 Å². The highest BCUT2D eigenvalue weighted by atomic mass is 35.5. The van der Waals surface area contributed by atoms with Crippen molar-refractivity contribution in [1.29, 1.82) is 0 Å². The summed E-state index contributed by atoms with van der Waals surface area (Å²) in [5, 5.41) is 5.47. The number of nitrogens with one attached hydrogen (secondary N) is 1. The van der Waals surface area contributed by atoms with E-state index in [2.05, 4.69) is 22.1 Å². The van der Waals surface area contributed by atoms with Crippen molar-refractivity contribution in [2.75, 3.05) is 5.75 Å². The van der Waals surface area contributed by atoms with Crippen LogP contribution in [0.3, 0.4) is 0 Å². The third-order valence-electron chi connectivity index (χ3n) is 3.89. The van der Waals surface area contributed by atoms with Crippen LogP contribution in [0.25, 0.3) is 10.9 Å². The highest BCUT2D eigenvalue weighted by Crippen LogP contribution is 2.18. The predicted molar refractivity (Wildman–Crippen MR) is 119 cm³/mol. The number of benzene rings is 2. The van der Waals surface area contributed by atoms with Crippen molar-refractivity contribution >= 4 is 46.4 Å². The minimum absolute atomic E-state index is 0.0564. The van der Waals surface area contributed by atoms with Crippen molar-refractivity contribution in [3.8, 4) is 0 Å². The van der Waals surface area contributed by atoms with Crippen LogP contribution in [0.4, 0.5) is 0 Å². The first kappa shape index (κ1) is 20.8. The van der Waals surface area contributed by atoms with Crippen LogP contribution in [-0.4, -0.2) is 27.4 Å². The zero-order chi connectivity index (χ0) is 20.8. The maximum absolute atomic E-state index is 12.8. The van der Waals surface area contributed by atoms with Gasteiger partial charge in [0.25, 0.3) is 11.5 Å². The second-order valence-electron chi connectivity index (χ2n) is 6.36. The number of nitrogens with zero attached hydrogens (tertiary/aromatic N) is 3. The van der Waals surface area contributed by atoms with Gasteiger partial charge in [-0.05, 0) is 25.1 Å². The Bertz CT molecular complexity index is 1160. The molecule has 0 aliphatic rings. The van der Waals surface area contributed by atoms with E-state index in [9.17, 15) is 9.59 Å². The van der Waals surface area contributed by atoms with E-state index in [1.807, 2.05) is 25.1 Å². The fourth-order valence-corrected chi connectivity index (χ4v) is 3.56. The lowest BCUT2D eigenvalue weighted by atomic mass is 10.2. The zero-order valence-electron chi connectivity index (χ0n) is 15.8. The summed E-state index contributed by atoms with van der Waals surface area (Å²) in [6, 6.07) is 14.3. The molecular weight excluding hydrogens is 408 g/mol. The van der Waals surface area contributed by atoms with Gasteiger partial charge in [-0.1, -0.05) is 65.8 Å². The number of amides is 1. The number of hydrazone groups is 1. The van der Waals surface area contributed by atoms with Crippen molar-refractivity contribution in [3.05, 3.63) is 81.6 Å². The number of hydrogen-bond donors (Lipinski definition) is 1. The molecule has 1 heterocycles. The third kappa shape index (κ3) is 5.34. The van der Waals surface area contributed by atoms with Crippen LogP contribution in [0.1, 0.15) is 12.5 Å². The summed E-state index contributed by atoms with van der Waals surface area (Å²) in [5.74, 6) is -0.261. The first-order valence-corrected chi connectivity index (χ1v) is 10.2. The molecule has 3 rings (SSSR count). The second kappa shape index (κ2) is 9.54. The average molecular weight is 427 g/mol. The molecule has 0 spiro atoms. The molecule has 0 aliphatic carbocycles. The van der Waals surface area contributed by atoms with Gasteiger partial charge in [-0.3, -0.25) is 14.2 Å². The van der Waals surface area contributed by atoms with Gasteiger partial charge in [-0.15, -0.1) is 0 Å². The topological polar surface area (TPSA) is 76.3 Å². The molecule has 0 saturated heterocycles. The molecule has 0 radical (unpaired) electrons. The fraction of sp³-hybridized carbons (Fsp3) is 0.143. The Hall–Kier alpha value is -2.90. The lowest BCUT2D eigenvalue weighted by Crippen LogP contribution is -2.25. The quantitative estimate of drug-likeness (QED) is 0.204. The standard InChI is InChI=1S/C21H19ClN4O2S/c1-14(2)12-26-20(28)16-8-4-6-10-18(16)24-21(26)29-13-19(27)25-23-11-15-7-3-5-9-17(15)22/h3-11H,1,12-13H2,2H3,(H,25,27)/b23-11-. The van der Waals surface area contributed by atoms with Crippen LogP contribution in [0.5, 0.6) is 0 Å². The summed E-state index contributed by atoms with van der Waals surface area (Å²) in [5.41, 5.74) is 4.42. The molecule has 0 saturated carbocycles. The number of aromatic nitrogens is 2. The summed E-state index contributed by atoms with van der Waals surface area (Å²) in [6.45, 7) is 6.06. The van der Waals surface area contributed by atoms with E-state index in [0.29, 0.717) is 33.2 Å². The van der Waals surface area contributed by atoms with Crippen LogP contribution in [0.2, 0.25) is 5.02 Å². The van der Waals surface area contributed by atoms with Gasteiger partial charge in [0, 0.05) is 17.1 Å². The molecule has 8 heteroatoms. The van der Waals surface area contributed by atoms with Crippen LogP contribution < -0.4 is 11.0 Å². The summed E-state index contributed by atoms with van der Waals surface area (Å²) in [4.78, 5) is 29.5. The van der Waals surface area contributed by atoms with Crippen LogP contribution in [0.15, 0.2) is 75.7 Å². The summed E-state index contributed by atoms with van der Waals surface area (Å²) >= 11 is 7.22. The number of carbonyl (C=O) groups is 1. The molecule has 0 atom stereocenters. The van der Waals surface area contributed by atoms with Gasteiger partial charge in [0.05, 0.1) is 22.9 Å². The number of carbonyl (C=O) groups excluding carboxylic acids is 1. The van der Waals surface area contributed by atoms with E-state index in [-0.39, 0.29) is 17.2 Å². The first-order valence-electron chi connectivity index (χ1n) is 8.79. The lowest BCUT2D eigenvalue weighted by Gasteiger charge is -2.12. The largest absolute Gasteiger partial charge is 0.283 e. The predicted octanol–water partition coefficient (Wildman–Crippen LogP) is 3.87. The molecule has 6 nitrogen and oxygen atoms in total. The molecule has 148 valence electrons. The maximum atomic E-state index is 12.8. The number of hydrogen-bond acceptors (Lipinski definition) is 5. The summed E-state index contributed by atoms with van der Waals surface area (Å²) < 4.78 is 1.54. The van der Waals surface area contributed by atoms with Crippen LogP contribution in [0, 0.1) is 0 Å². The van der Waals surface area contributed by atoms with Gasteiger partial charge in [-0.25, -0.2) is 10.4 Å². The molecule has 0 fully saturated rings. The average Bonchev–Trinajstić information content (AvgIpc) is 2.70. The van der Waals surface area contributed by atoms with Crippen molar-refractivity contribution in [2.45, 2.75) is 18.6 Å². The Morgan fingerprint density at radius 3 is 2.76 bits per heavy atom. The molecule has 1 aromatic heterocycles. The minimum Gasteiger partial charge on any atom is -0.283 e. The molecule has 1 amide bonds. The fourth-order valence-electron chi connectivity index (χ4n) is 2.58. The van der Waals surface area contributed by atoms with Crippen molar-refractivity contribution in [2.24, 2.45) is 5.10 Å². The monoisotopic (exact) mass is 426 g/mol. The number of halogens is 1. The van der Waals surface area contributed by atoms with E-state index in [0.717, 1.165) is 5.57 Å². The molecule has 3 aromatic rings. The number of allylic oxidation sites excluding steroid dienone is 1. The number of para-hydroxylation sites is 1. The van der Waals surface area contributed by atoms with Gasteiger partial charge in [0.2, 0.25) is 0 Å². The molecule has 29 heavy (non-hydrogen) atoms. The van der Waals surface area contributed by atoms with Gasteiger partial charge < -0.3 is 0 Å². The SMILES string of the molecule is C=C(C)Cn1c(SCC(=O)N/N=C\c2ccccc2Cl)nc2ccccc2c1=O. The highest BCUT2D eigenvalue weighted by Gasteiger charge is 2.13. The third-order valence-corrected chi connectivity index (χ3v) is 5.21. The maximum Gasteiger partial charge on any atom is 0.262 e. The second-order valence-corrected chi connectivity index (χ2v) is 7.71. The van der Waals surface area contributed by atoms with E-state index < -0.39 is 0 Å².